The molecule has 0 amide bonds. The summed E-state index contributed by atoms with van der Waals surface area (Å²) in [4.78, 5) is 14.8. The fourth-order valence-corrected chi connectivity index (χ4v) is 2.05. The molecule has 4 nitrogen and oxygen atoms in total. The Morgan fingerprint density at radius 1 is 1.41 bits per heavy atom. The molecule has 0 fully saturated rings. The normalized spacial score (nSPS) is 10.4. The van der Waals surface area contributed by atoms with Crippen LogP contribution in [0.1, 0.15) is 6.42 Å². The average Bonchev–Trinajstić information content (AvgIpc) is 2.75. The Hall–Kier alpha value is -1.62. The molecule has 88 valence electrons. The molecule has 0 spiro atoms. The van der Waals surface area contributed by atoms with Gasteiger partial charge in [0, 0.05) is 29.0 Å². The molecular formula is C12H11BrN2O2. The van der Waals surface area contributed by atoms with E-state index in [1.807, 2.05) is 28.8 Å². The predicted octanol–water partition coefficient (Wildman–Crippen LogP) is 2.79. The summed E-state index contributed by atoms with van der Waals surface area (Å²) in [5, 5.41) is 8.69. The zero-order valence-corrected chi connectivity index (χ0v) is 10.6. The zero-order chi connectivity index (χ0) is 12.3. The van der Waals surface area contributed by atoms with E-state index in [9.17, 15) is 4.79 Å². The SMILES string of the molecule is O=C(O)CCn1ccnc1-c1ccccc1Br. The van der Waals surface area contributed by atoms with Gasteiger partial charge in [0.25, 0.3) is 0 Å². The number of carbonyl (C=O) groups is 1. The highest BCUT2D eigenvalue weighted by molar-refractivity contribution is 9.10. The van der Waals surface area contributed by atoms with Gasteiger partial charge in [0.1, 0.15) is 5.82 Å². The van der Waals surface area contributed by atoms with E-state index in [2.05, 4.69) is 20.9 Å². The van der Waals surface area contributed by atoms with Crippen molar-refractivity contribution in [3.8, 4) is 11.4 Å². The van der Waals surface area contributed by atoms with Gasteiger partial charge in [-0.05, 0) is 6.07 Å². The number of hydrogen-bond acceptors (Lipinski definition) is 2. The molecule has 0 saturated heterocycles. The fraction of sp³-hybridized carbons (Fsp3) is 0.167. The molecule has 1 heterocycles. The molecule has 0 aliphatic heterocycles. The summed E-state index contributed by atoms with van der Waals surface area (Å²) in [5.41, 5.74) is 0.961. The highest BCUT2D eigenvalue weighted by Gasteiger charge is 2.09. The summed E-state index contributed by atoms with van der Waals surface area (Å²) in [7, 11) is 0. The van der Waals surface area contributed by atoms with Gasteiger partial charge >= 0.3 is 5.97 Å². The lowest BCUT2D eigenvalue weighted by Crippen LogP contribution is -2.05. The van der Waals surface area contributed by atoms with Crippen LogP contribution in [0.2, 0.25) is 0 Å². The monoisotopic (exact) mass is 294 g/mol. The molecule has 1 aromatic heterocycles. The molecular weight excluding hydrogens is 284 g/mol. The number of aromatic nitrogens is 2. The van der Waals surface area contributed by atoms with Crippen LogP contribution in [0.25, 0.3) is 11.4 Å². The second kappa shape index (κ2) is 5.14. The Morgan fingerprint density at radius 2 is 2.18 bits per heavy atom. The van der Waals surface area contributed by atoms with Gasteiger partial charge in [-0.1, -0.05) is 34.1 Å². The van der Waals surface area contributed by atoms with E-state index in [0.29, 0.717) is 6.54 Å². The largest absolute Gasteiger partial charge is 0.481 e. The smallest absolute Gasteiger partial charge is 0.305 e. The third-order valence-electron chi connectivity index (χ3n) is 2.40. The third-order valence-corrected chi connectivity index (χ3v) is 3.09. The molecule has 0 aliphatic carbocycles. The van der Waals surface area contributed by atoms with Gasteiger partial charge in [0.2, 0.25) is 0 Å². The molecule has 1 aromatic carbocycles. The zero-order valence-electron chi connectivity index (χ0n) is 9.01. The molecule has 0 atom stereocenters. The number of hydrogen-bond donors (Lipinski definition) is 1. The Labute approximate surface area is 107 Å². The second-order valence-electron chi connectivity index (χ2n) is 3.57. The van der Waals surface area contributed by atoms with Crippen LogP contribution >= 0.6 is 15.9 Å². The van der Waals surface area contributed by atoms with Crippen LogP contribution in [-0.2, 0) is 11.3 Å². The van der Waals surface area contributed by atoms with E-state index in [0.717, 1.165) is 15.9 Å². The van der Waals surface area contributed by atoms with Crippen molar-refractivity contribution in [3.05, 3.63) is 41.1 Å². The van der Waals surface area contributed by atoms with E-state index >= 15 is 0 Å². The van der Waals surface area contributed by atoms with Gasteiger partial charge < -0.3 is 9.67 Å². The molecule has 0 bridgehead atoms. The lowest BCUT2D eigenvalue weighted by molar-refractivity contribution is -0.137. The number of carboxylic acid groups (broad SMARTS) is 1. The number of aryl methyl sites for hydroxylation is 1. The van der Waals surface area contributed by atoms with Crippen LogP contribution in [0.5, 0.6) is 0 Å². The Kier molecular flexibility index (Phi) is 3.58. The second-order valence-corrected chi connectivity index (χ2v) is 4.42. The van der Waals surface area contributed by atoms with Gasteiger partial charge in [-0.3, -0.25) is 4.79 Å². The van der Waals surface area contributed by atoms with Crippen LogP contribution in [0, 0.1) is 0 Å². The van der Waals surface area contributed by atoms with E-state index in [4.69, 9.17) is 5.11 Å². The van der Waals surface area contributed by atoms with Gasteiger partial charge in [0.15, 0.2) is 0 Å². The number of aliphatic carboxylic acids is 1. The highest BCUT2D eigenvalue weighted by atomic mass is 79.9. The maximum absolute atomic E-state index is 10.6. The first-order valence-corrected chi connectivity index (χ1v) is 5.95. The van der Waals surface area contributed by atoms with Crippen molar-refractivity contribution in [1.82, 2.24) is 9.55 Å². The minimum atomic E-state index is -0.809. The van der Waals surface area contributed by atoms with E-state index < -0.39 is 5.97 Å². The summed E-state index contributed by atoms with van der Waals surface area (Å²) in [6.45, 7) is 0.423. The van der Waals surface area contributed by atoms with Crippen molar-refractivity contribution in [2.45, 2.75) is 13.0 Å². The van der Waals surface area contributed by atoms with Gasteiger partial charge in [-0.25, -0.2) is 4.98 Å². The van der Waals surface area contributed by atoms with E-state index in [-0.39, 0.29) is 6.42 Å². The predicted molar refractivity (Wildman–Crippen MR) is 67.6 cm³/mol. The van der Waals surface area contributed by atoms with Crippen LogP contribution in [-0.4, -0.2) is 20.6 Å². The molecule has 1 N–H and O–H groups in total. The number of halogens is 1. The number of carboxylic acids is 1. The number of benzene rings is 1. The first-order chi connectivity index (χ1) is 8.18. The first-order valence-electron chi connectivity index (χ1n) is 5.16. The minimum absolute atomic E-state index is 0.0911. The molecule has 0 unspecified atom stereocenters. The summed E-state index contributed by atoms with van der Waals surface area (Å²) >= 11 is 3.46. The Morgan fingerprint density at radius 3 is 2.88 bits per heavy atom. The topological polar surface area (TPSA) is 55.1 Å². The standard InChI is InChI=1S/C12H11BrN2O2/c13-10-4-2-1-3-9(10)12-14-6-8-15(12)7-5-11(16)17/h1-4,6,8H,5,7H2,(H,16,17). The number of imidazole rings is 1. The van der Waals surface area contributed by atoms with Crippen molar-refractivity contribution in [1.29, 1.82) is 0 Å². The molecule has 2 aromatic rings. The molecule has 2 rings (SSSR count). The first kappa shape index (κ1) is 11.9. The van der Waals surface area contributed by atoms with Crippen LogP contribution in [0.15, 0.2) is 41.1 Å². The maximum atomic E-state index is 10.6. The third kappa shape index (κ3) is 2.74. The summed E-state index contributed by atoms with van der Waals surface area (Å²) < 4.78 is 2.79. The maximum Gasteiger partial charge on any atom is 0.305 e. The van der Waals surface area contributed by atoms with Crippen molar-refractivity contribution < 1.29 is 9.90 Å². The quantitative estimate of drug-likeness (QED) is 0.943. The summed E-state index contributed by atoms with van der Waals surface area (Å²) in [6, 6.07) is 7.74. The minimum Gasteiger partial charge on any atom is -0.481 e. The molecule has 0 radical (unpaired) electrons. The molecule has 5 heteroatoms. The average molecular weight is 295 g/mol. The lowest BCUT2D eigenvalue weighted by atomic mass is 10.2. The molecule has 0 saturated carbocycles. The fourth-order valence-electron chi connectivity index (χ4n) is 1.59. The van der Waals surface area contributed by atoms with E-state index in [1.54, 1.807) is 12.4 Å². The van der Waals surface area contributed by atoms with Gasteiger partial charge in [-0.2, -0.15) is 0 Å². The van der Waals surface area contributed by atoms with Crippen molar-refractivity contribution in [2.75, 3.05) is 0 Å². The number of rotatable bonds is 4. The van der Waals surface area contributed by atoms with Crippen molar-refractivity contribution >= 4 is 21.9 Å². The lowest BCUT2D eigenvalue weighted by Gasteiger charge is -2.07. The molecule has 17 heavy (non-hydrogen) atoms. The summed E-state index contributed by atoms with van der Waals surface area (Å²) in [5.74, 6) is -0.0319. The Balaban J connectivity index is 2.31. The van der Waals surface area contributed by atoms with E-state index in [1.165, 1.54) is 0 Å². The van der Waals surface area contributed by atoms with Crippen molar-refractivity contribution in [3.63, 3.8) is 0 Å². The Bertz CT molecular complexity index is 537. The van der Waals surface area contributed by atoms with Crippen LogP contribution in [0.4, 0.5) is 0 Å². The van der Waals surface area contributed by atoms with Crippen LogP contribution < -0.4 is 0 Å². The number of nitrogens with zero attached hydrogens (tertiary/aromatic N) is 2. The highest BCUT2D eigenvalue weighted by Crippen LogP contribution is 2.26. The molecule has 0 aliphatic rings. The summed E-state index contributed by atoms with van der Waals surface area (Å²) in [6.07, 6.45) is 3.56. The van der Waals surface area contributed by atoms with Gasteiger partial charge in [-0.15, -0.1) is 0 Å². The van der Waals surface area contributed by atoms with Gasteiger partial charge in [0.05, 0.1) is 6.42 Å². The van der Waals surface area contributed by atoms with Crippen molar-refractivity contribution in [2.24, 2.45) is 0 Å². The van der Waals surface area contributed by atoms with Crippen LogP contribution in [0.3, 0.4) is 0 Å².